The lowest BCUT2D eigenvalue weighted by Crippen LogP contribution is -2.38. The highest BCUT2D eigenvalue weighted by atomic mass is 15.1. The second-order valence-electron chi connectivity index (χ2n) is 5.61. The van der Waals surface area contributed by atoms with Crippen LogP contribution in [0.2, 0.25) is 0 Å². The minimum absolute atomic E-state index is 0.695. The maximum absolute atomic E-state index is 3.79. The van der Waals surface area contributed by atoms with Crippen LogP contribution in [0.1, 0.15) is 59.8 Å². The van der Waals surface area contributed by atoms with E-state index in [4.69, 9.17) is 0 Å². The van der Waals surface area contributed by atoms with E-state index >= 15 is 0 Å². The molecule has 0 aromatic heterocycles. The first-order chi connectivity index (χ1) is 7.63. The summed E-state index contributed by atoms with van der Waals surface area (Å²) in [6, 6.07) is 2.16. The van der Waals surface area contributed by atoms with Gasteiger partial charge in [0.05, 0.1) is 0 Å². The third kappa shape index (κ3) is 4.84. The molecule has 0 amide bonds. The fraction of sp³-hybridized carbons (Fsp3) is 1.00. The first kappa shape index (κ1) is 14.0. The summed E-state index contributed by atoms with van der Waals surface area (Å²) in [5.41, 5.74) is 0. The van der Waals surface area contributed by atoms with Crippen LogP contribution in [0, 0.1) is 0 Å². The Labute approximate surface area is 102 Å². The maximum Gasteiger partial charge on any atom is 0.00821 e. The average Bonchev–Trinajstić information content (AvgIpc) is 2.43. The van der Waals surface area contributed by atoms with Crippen molar-refractivity contribution in [2.45, 2.75) is 77.9 Å². The fourth-order valence-electron chi connectivity index (χ4n) is 2.72. The van der Waals surface area contributed by atoms with Gasteiger partial charge >= 0.3 is 0 Å². The van der Waals surface area contributed by atoms with Crippen molar-refractivity contribution in [1.82, 2.24) is 10.2 Å². The van der Waals surface area contributed by atoms with Crippen molar-refractivity contribution in [3.8, 4) is 0 Å². The van der Waals surface area contributed by atoms with E-state index < -0.39 is 0 Å². The minimum atomic E-state index is 0.695. The molecule has 0 radical (unpaired) electrons. The molecular formula is C14H30N2. The lowest BCUT2D eigenvalue weighted by molar-refractivity contribution is 0.228. The molecule has 1 fully saturated rings. The zero-order chi connectivity index (χ0) is 12.0. The predicted octanol–water partition coefficient (Wildman–Crippen LogP) is 3.03. The molecule has 96 valence electrons. The van der Waals surface area contributed by atoms with Crippen molar-refractivity contribution in [3.63, 3.8) is 0 Å². The number of hydrogen-bond donors (Lipinski definition) is 1. The van der Waals surface area contributed by atoms with Crippen LogP contribution in [0.5, 0.6) is 0 Å². The second kappa shape index (κ2) is 7.29. The summed E-state index contributed by atoms with van der Waals surface area (Å²) >= 11 is 0. The standard InChI is InChI=1S/C14H30N2/c1-5-7-13(4)15-14-8-6-10-16(11-9-14)12(2)3/h12-15H,5-11H2,1-4H3. The van der Waals surface area contributed by atoms with Crippen LogP contribution in [0.15, 0.2) is 0 Å². The van der Waals surface area contributed by atoms with Gasteiger partial charge in [-0.15, -0.1) is 0 Å². The normalized spacial score (nSPS) is 25.7. The Hall–Kier alpha value is -0.0800. The van der Waals surface area contributed by atoms with Crippen LogP contribution in [0.3, 0.4) is 0 Å². The molecule has 1 N–H and O–H groups in total. The molecule has 2 atom stereocenters. The third-order valence-corrected chi connectivity index (χ3v) is 3.73. The van der Waals surface area contributed by atoms with Crippen LogP contribution in [0.25, 0.3) is 0 Å². The summed E-state index contributed by atoms with van der Waals surface area (Å²) < 4.78 is 0. The van der Waals surface area contributed by atoms with Gasteiger partial charge in [-0.25, -0.2) is 0 Å². The smallest absolute Gasteiger partial charge is 0.00821 e. The van der Waals surface area contributed by atoms with Gasteiger partial charge in [-0.1, -0.05) is 13.3 Å². The Bertz CT molecular complexity index is 180. The summed E-state index contributed by atoms with van der Waals surface area (Å²) in [5, 5.41) is 3.79. The molecule has 0 saturated carbocycles. The molecular weight excluding hydrogens is 196 g/mol. The number of hydrogen-bond acceptors (Lipinski definition) is 2. The Morgan fingerprint density at radius 1 is 1.19 bits per heavy atom. The molecule has 0 spiro atoms. The largest absolute Gasteiger partial charge is 0.311 e. The molecule has 1 aliphatic heterocycles. The maximum atomic E-state index is 3.79. The van der Waals surface area contributed by atoms with E-state index in [0.717, 1.165) is 6.04 Å². The Morgan fingerprint density at radius 3 is 2.56 bits per heavy atom. The van der Waals surface area contributed by atoms with Gasteiger partial charge in [-0.05, 0) is 59.5 Å². The predicted molar refractivity (Wildman–Crippen MR) is 71.9 cm³/mol. The molecule has 0 aromatic rings. The molecule has 0 bridgehead atoms. The van der Waals surface area contributed by atoms with Crippen LogP contribution in [0.4, 0.5) is 0 Å². The third-order valence-electron chi connectivity index (χ3n) is 3.73. The van der Waals surface area contributed by atoms with E-state index in [9.17, 15) is 0 Å². The van der Waals surface area contributed by atoms with Crippen molar-refractivity contribution in [2.24, 2.45) is 0 Å². The Balaban J connectivity index is 2.29. The second-order valence-corrected chi connectivity index (χ2v) is 5.61. The van der Waals surface area contributed by atoms with Crippen LogP contribution in [-0.2, 0) is 0 Å². The summed E-state index contributed by atoms with van der Waals surface area (Å²) in [5.74, 6) is 0. The zero-order valence-corrected chi connectivity index (χ0v) is 11.6. The monoisotopic (exact) mass is 226 g/mol. The fourth-order valence-corrected chi connectivity index (χ4v) is 2.72. The van der Waals surface area contributed by atoms with E-state index in [-0.39, 0.29) is 0 Å². The summed E-state index contributed by atoms with van der Waals surface area (Å²) in [4.78, 5) is 2.62. The van der Waals surface area contributed by atoms with Gasteiger partial charge in [0.2, 0.25) is 0 Å². The first-order valence-corrected chi connectivity index (χ1v) is 7.13. The van der Waals surface area contributed by atoms with E-state index in [1.54, 1.807) is 0 Å². The minimum Gasteiger partial charge on any atom is -0.311 e. The SMILES string of the molecule is CCCC(C)NC1CCCN(C(C)C)CC1. The molecule has 0 aromatic carbocycles. The van der Waals surface area contributed by atoms with E-state index in [0.29, 0.717) is 12.1 Å². The Morgan fingerprint density at radius 2 is 1.94 bits per heavy atom. The topological polar surface area (TPSA) is 15.3 Å². The van der Waals surface area contributed by atoms with Gasteiger partial charge in [0, 0.05) is 18.1 Å². The van der Waals surface area contributed by atoms with Crippen molar-refractivity contribution in [1.29, 1.82) is 0 Å². The number of likely N-dealkylation sites (tertiary alicyclic amines) is 1. The summed E-state index contributed by atoms with van der Waals surface area (Å²) in [6.07, 6.45) is 6.64. The molecule has 0 aliphatic carbocycles. The zero-order valence-electron chi connectivity index (χ0n) is 11.6. The van der Waals surface area contributed by atoms with Crippen molar-refractivity contribution >= 4 is 0 Å². The van der Waals surface area contributed by atoms with Gasteiger partial charge < -0.3 is 10.2 Å². The molecule has 1 rings (SSSR count). The number of rotatable bonds is 5. The van der Waals surface area contributed by atoms with Gasteiger partial charge in [-0.2, -0.15) is 0 Å². The number of nitrogens with one attached hydrogen (secondary N) is 1. The van der Waals surface area contributed by atoms with Crippen molar-refractivity contribution in [2.75, 3.05) is 13.1 Å². The molecule has 2 unspecified atom stereocenters. The van der Waals surface area contributed by atoms with Crippen molar-refractivity contribution < 1.29 is 0 Å². The molecule has 1 saturated heterocycles. The Kier molecular flexibility index (Phi) is 6.37. The van der Waals surface area contributed by atoms with Crippen LogP contribution in [-0.4, -0.2) is 36.1 Å². The van der Waals surface area contributed by atoms with Gasteiger partial charge in [0.1, 0.15) is 0 Å². The number of nitrogens with zero attached hydrogens (tertiary/aromatic N) is 1. The van der Waals surface area contributed by atoms with Crippen LogP contribution < -0.4 is 5.32 Å². The lowest BCUT2D eigenvalue weighted by Gasteiger charge is -2.25. The quantitative estimate of drug-likeness (QED) is 0.775. The van der Waals surface area contributed by atoms with Gasteiger partial charge in [0.25, 0.3) is 0 Å². The highest BCUT2D eigenvalue weighted by Crippen LogP contribution is 2.14. The van der Waals surface area contributed by atoms with Crippen molar-refractivity contribution in [3.05, 3.63) is 0 Å². The van der Waals surface area contributed by atoms with Gasteiger partial charge in [0.15, 0.2) is 0 Å². The average molecular weight is 226 g/mol. The molecule has 16 heavy (non-hydrogen) atoms. The summed E-state index contributed by atoms with van der Waals surface area (Å²) in [7, 11) is 0. The molecule has 1 heterocycles. The molecule has 2 nitrogen and oxygen atoms in total. The highest BCUT2D eigenvalue weighted by molar-refractivity contribution is 4.78. The van der Waals surface area contributed by atoms with Gasteiger partial charge in [-0.3, -0.25) is 0 Å². The van der Waals surface area contributed by atoms with E-state index in [1.165, 1.54) is 45.2 Å². The molecule has 1 aliphatic rings. The first-order valence-electron chi connectivity index (χ1n) is 7.13. The van der Waals surface area contributed by atoms with E-state index in [2.05, 4.69) is 37.9 Å². The molecule has 2 heteroatoms. The van der Waals surface area contributed by atoms with E-state index in [1.807, 2.05) is 0 Å². The lowest BCUT2D eigenvalue weighted by atomic mass is 10.1. The highest BCUT2D eigenvalue weighted by Gasteiger charge is 2.19. The summed E-state index contributed by atoms with van der Waals surface area (Å²) in [6.45, 7) is 11.8. The van der Waals surface area contributed by atoms with Crippen LogP contribution >= 0.6 is 0 Å².